The van der Waals surface area contributed by atoms with Crippen LogP contribution in [0.4, 0.5) is 0 Å². The summed E-state index contributed by atoms with van der Waals surface area (Å²) in [5, 5.41) is 50.6. The largest absolute Gasteiger partial charge is 0.497 e. The lowest BCUT2D eigenvalue weighted by molar-refractivity contribution is -0.139. The molecule has 12 N–H and O–H groups in total. The van der Waals surface area contributed by atoms with E-state index in [1.807, 2.05) is 12.1 Å². The zero-order chi connectivity index (χ0) is 91.7. The van der Waals surface area contributed by atoms with Gasteiger partial charge in [-0.25, -0.2) is 55.6 Å². The van der Waals surface area contributed by atoms with E-state index < -0.39 is 98.4 Å². The van der Waals surface area contributed by atoms with Gasteiger partial charge in [0.25, 0.3) is 23.6 Å². The van der Waals surface area contributed by atoms with Crippen LogP contribution in [0.2, 0.25) is 0 Å². The molecule has 686 valence electrons. The Morgan fingerprint density at radius 3 is 1.01 bits per heavy atom. The molecule has 9 aromatic carbocycles. The van der Waals surface area contributed by atoms with Gasteiger partial charge < -0.3 is 63.9 Å². The predicted octanol–water partition coefficient (Wildman–Crippen LogP) is 10.7. The first kappa shape index (κ1) is 93.8. The quantitative estimate of drug-likeness (QED) is 0.0197. The van der Waals surface area contributed by atoms with Gasteiger partial charge in [0.1, 0.15) is 69.0 Å². The first-order chi connectivity index (χ1) is 61.9. The van der Waals surface area contributed by atoms with Gasteiger partial charge in [-0.2, -0.15) is 0 Å². The minimum absolute atomic E-state index is 0.0195. The monoisotopic (exact) mass is 1850 g/mol. The Balaban J connectivity index is 0.000000139. The van der Waals surface area contributed by atoms with Gasteiger partial charge in [0.05, 0.1) is 60.2 Å². The van der Waals surface area contributed by atoms with Crippen molar-refractivity contribution in [2.45, 2.75) is 133 Å². The van der Waals surface area contributed by atoms with E-state index in [0.29, 0.717) is 139 Å². The second kappa shape index (κ2) is 38.4. The molecule has 17 rings (SSSR count). The van der Waals surface area contributed by atoms with E-state index in [2.05, 4.69) is 21.3 Å². The molecule has 0 bridgehead atoms. The number of piperidine rings is 3. The molecule has 0 radical (unpaired) electrons. The minimum atomic E-state index is -4.26. The second-order valence-corrected chi connectivity index (χ2v) is 42.2. The Bertz CT molecular complexity index is 5960. The third kappa shape index (κ3) is 18.0. The van der Waals surface area contributed by atoms with E-state index >= 15 is 0 Å². The van der Waals surface area contributed by atoms with Crippen molar-refractivity contribution in [2.24, 2.45) is 10.8 Å². The Morgan fingerprint density at radius 1 is 0.318 bits per heavy atom. The lowest BCUT2D eigenvalue weighted by Gasteiger charge is -2.55. The summed E-state index contributed by atoms with van der Waals surface area (Å²) in [6.07, 6.45) is 5.28. The number of hydrogen-bond donors (Lipinski definition) is 12. The van der Waals surface area contributed by atoms with Crippen LogP contribution in [0.5, 0.6) is 69.0 Å². The van der Waals surface area contributed by atoms with Crippen LogP contribution in [0, 0.1) is 10.8 Å². The van der Waals surface area contributed by atoms with Gasteiger partial charge in [0.2, 0.25) is 0 Å². The fourth-order valence-electron chi connectivity index (χ4n) is 19.3. The number of hydrogen-bond acceptors (Lipinski definition) is 29. The van der Waals surface area contributed by atoms with Gasteiger partial charge in [0, 0.05) is 30.3 Å². The standard InChI is InChI=1S/C27H28N2O6S.C22H26N2O7S.C22H26N2O6S.C21H24N2O6S/c1-34-19-6-8-20(9-7-19)35-21-10-12-22(13-11-21)36(32,33)27(25(30)29-31)18-26(14-16-28-17-15-26)23-4-2-3-5-24(23)27;1-29-16-2-4-17(5-3-16)31-18-6-8-19(9-7-18)32(27,28)22(20(25)24-26)11-10-21(14-22)15-23-12-13-30-21;1-29-16-2-4-17(5-3-16)30-18-6-8-19(9-7-18)31(27,28)22(20(25)24-26)14-21(15-22)10-12-23-13-11-21;1-28-15-2-4-16(5-3-15)29-17-6-8-18(9-7-17)30(26,27)21(19(24)23-25)14-20(21)10-12-22-13-11-20/h2-13,28,31H,14-18H2,1H3,(H,29,30);2-9,23,26H,10-15H2,1H3,(H,24,25);2-9,23,26H,10-15H2,1H3,(H,24,25);2-9,22,25H,10-14H2,1H3,(H,23,24). The highest BCUT2D eigenvalue weighted by atomic mass is 32.2. The average molecular weight is 1850 g/mol. The van der Waals surface area contributed by atoms with Crippen molar-refractivity contribution in [3.05, 3.63) is 230 Å². The summed E-state index contributed by atoms with van der Waals surface area (Å²) in [6.45, 7) is 5.90. The van der Waals surface area contributed by atoms with E-state index in [0.717, 1.165) is 44.6 Å². The number of fused-ring (bicyclic) bond motifs is 2. The summed E-state index contributed by atoms with van der Waals surface area (Å²) < 4.78 is 152. The number of amides is 4. The molecule has 4 unspecified atom stereocenters. The maximum atomic E-state index is 14.2. The van der Waals surface area contributed by atoms with Gasteiger partial charge >= 0.3 is 0 Å². The van der Waals surface area contributed by atoms with Crippen LogP contribution in [0.15, 0.2) is 238 Å². The molecule has 37 heteroatoms. The molecule has 4 amide bonds. The smallest absolute Gasteiger partial charge is 0.269 e. The number of nitrogens with one attached hydrogen (secondary N) is 8. The SMILES string of the molecule is COc1ccc(Oc2ccc(S(=O)(=O)C3(C(=O)NO)CC34CCNCC4)cc2)cc1.COc1ccc(Oc2ccc(S(=O)(=O)C3(C(=O)NO)CC4(CCNCC4)C3)cc2)cc1.COc1ccc(Oc2ccc(S(=O)(=O)C3(C(=O)NO)CC4(CCNCC4)c4ccccc43)cc2)cc1.COc1ccc(Oc2ccc(S(=O)(=O)C3(C(=O)NO)CCC4(CNCCO4)C3)cc2)cc1. The van der Waals surface area contributed by atoms with E-state index in [4.69, 9.17) is 42.6 Å². The summed E-state index contributed by atoms with van der Waals surface area (Å²) in [5.41, 5.74) is 5.66. The zero-order valence-corrected chi connectivity index (χ0v) is 74.6. The Morgan fingerprint density at radius 2 is 0.643 bits per heavy atom. The number of sulfone groups is 4. The number of ether oxygens (including phenoxy) is 9. The number of carbonyl (C=O) groups excluding carboxylic acids is 4. The van der Waals surface area contributed by atoms with E-state index in [-0.39, 0.29) is 63.5 Å². The van der Waals surface area contributed by atoms with E-state index in [1.165, 1.54) is 60.7 Å². The number of rotatable bonds is 24. The van der Waals surface area contributed by atoms with Crippen molar-refractivity contribution in [3.8, 4) is 69.0 Å². The topological polar surface area (TPSA) is 465 Å². The average Bonchev–Trinajstić information content (AvgIpc) is 1.50. The maximum Gasteiger partial charge on any atom is 0.269 e. The number of hydroxylamine groups is 4. The van der Waals surface area contributed by atoms with Crippen LogP contribution in [-0.2, 0) is 73.4 Å². The lowest BCUT2D eigenvalue weighted by Crippen LogP contribution is -2.65. The van der Waals surface area contributed by atoms with Crippen LogP contribution in [-0.4, -0.2) is 185 Å². The fourth-order valence-corrected chi connectivity index (χ4v) is 28.2. The molecule has 4 saturated heterocycles. The van der Waals surface area contributed by atoms with Crippen LogP contribution in [0.3, 0.4) is 0 Å². The molecule has 4 aliphatic carbocycles. The lowest BCUT2D eigenvalue weighted by atomic mass is 9.57. The summed E-state index contributed by atoms with van der Waals surface area (Å²) in [5.74, 6) is 3.30. The Labute approximate surface area is 747 Å². The molecule has 129 heavy (non-hydrogen) atoms. The third-order valence-electron chi connectivity index (χ3n) is 26.3. The number of benzene rings is 9. The molecule has 3 saturated carbocycles. The normalized spacial score (nSPS) is 21.9. The van der Waals surface area contributed by atoms with Crippen LogP contribution in [0.1, 0.15) is 94.6 Å². The maximum absolute atomic E-state index is 14.2. The van der Waals surface area contributed by atoms with Gasteiger partial charge in [-0.3, -0.25) is 40.0 Å². The van der Waals surface area contributed by atoms with E-state index in [1.54, 1.807) is 196 Å². The van der Waals surface area contributed by atoms with Gasteiger partial charge in [0.15, 0.2) is 58.3 Å². The molecule has 4 spiro atoms. The van der Waals surface area contributed by atoms with Crippen molar-refractivity contribution in [3.63, 3.8) is 0 Å². The minimum Gasteiger partial charge on any atom is -0.497 e. The predicted molar refractivity (Wildman–Crippen MR) is 470 cm³/mol. The third-order valence-corrected chi connectivity index (χ3v) is 36.1. The number of morpholine rings is 1. The molecule has 4 aliphatic heterocycles. The fraction of sp³-hybridized carbons (Fsp3) is 0.370. The summed E-state index contributed by atoms with van der Waals surface area (Å²) in [4.78, 5) is 51.1. The molecule has 33 nitrogen and oxygen atoms in total. The second-order valence-electron chi connectivity index (χ2n) is 33.4. The first-order valence-electron chi connectivity index (χ1n) is 41.9. The Hall–Kier alpha value is -11.3. The highest BCUT2D eigenvalue weighted by molar-refractivity contribution is 7.94. The van der Waals surface area contributed by atoms with Crippen LogP contribution < -0.4 is 81.1 Å². The van der Waals surface area contributed by atoms with Crippen LogP contribution in [0.25, 0.3) is 0 Å². The van der Waals surface area contributed by atoms with Crippen molar-refractivity contribution in [1.29, 1.82) is 0 Å². The zero-order valence-electron chi connectivity index (χ0n) is 71.3. The number of methoxy groups -OCH3 is 4. The summed E-state index contributed by atoms with van der Waals surface area (Å²) >= 11 is 0. The van der Waals surface area contributed by atoms with Crippen LogP contribution >= 0.6 is 0 Å². The molecule has 4 heterocycles. The molecule has 9 aromatic rings. The molecule has 8 aliphatic rings. The molecule has 0 aromatic heterocycles. The van der Waals surface area contributed by atoms with Crippen molar-refractivity contribution in [2.75, 3.05) is 87.4 Å². The van der Waals surface area contributed by atoms with Crippen molar-refractivity contribution in [1.82, 2.24) is 43.2 Å². The van der Waals surface area contributed by atoms with E-state index in [9.17, 15) is 73.7 Å². The highest BCUT2D eigenvalue weighted by Gasteiger charge is 2.79. The Kier molecular flexibility index (Phi) is 27.9. The molecular weight excluding hydrogens is 1750 g/mol. The molecule has 4 atom stereocenters. The summed E-state index contributed by atoms with van der Waals surface area (Å²) in [7, 11) is -10.1. The van der Waals surface area contributed by atoms with Gasteiger partial charge in [-0.15, -0.1) is 0 Å². The number of carbonyl (C=O) groups is 4. The molecule has 7 fully saturated rings. The first-order valence-corrected chi connectivity index (χ1v) is 47.9. The van der Waals surface area contributed by atoms with Gasteiger partial charge in [-0.1, -0.05) is 24.3 Å². The highest BCUT2D eigenvalue weighted by Crippen LogP contribution is 2.68. The summed E-state index contributed by atoms with van der Waals surface area (Å²) in [6, 6.07) is 59.1. The molecular formula is C92H104N8O25S4. The van der Waals surface area contributed by atoms with Crippen molar-refractivity contribution < 1.29 is 116 Å². The van der Waals surface area contributed by atoms with Crippen molar-refractivity contribution >= 4 is 63.0 Å². The van der Waals surface area contributed by atoms with Gasteiger partial charge in [-0.05, 0) is 327 Å².